The molecule has 1 aromatic carbocycles. The molecule has 1 saturated carbocycles. The summed E-state index contributed by atoms with van der Waals surface area (Å²) < 4.78 is 2.04. The van der Waals surface area contributed by atoms with E-state index in [-0.39, 0.29) is 0 Å². The lowest BCUT2D eigenvalue weighted by atomic mass is 10.1. The largest absolute Gasteiger partial charge is 0.311 e. The van der Waals surface area contributed by atoms with Gasteiger partial charge in [-0.1, -0.05) is 30.3 Å². The maximum atomic E-state index is 4.87. The molecule has 0 aliphatic heterocycles. The molecule has 146 valence electrons. The zero-order valence-electron chi connectivity index (χ0n) is 16.8. The van der Waals surface area contributed by atoms with Crippen LogP contribution in [0.5, 0.6) is 0 Å². The van der Waals surface area contributed by atoms with Gasteiger partial charge in [-0.15, -0.1) is 0 Å². The second-order valence-electron chi connectivity index (χ2n) is 7.80. The third-order valence-corrected chi connectivity index (χ3v) is 5.53. The number of hydrogen-bond donors (Lipinski definition) is 1. The van der Waals surface area contributed by atoms with Crippen molar-refractivity contribution in [3.8, 4) is 11.3 Å². The number of aromatic nitrogens is 3. The lowest BCUT2D eigenvalue weighted by molar-refractivity contribution is 0.241. The number of benzene rings is 1. The Labute approximate surface area is 167 Å². The predicted molar refractivity (Wildman–Crippen MR) is 113 cm³/mol. The summed E-state index contributed by atoms with van der Waals surface area (Å²) in [7, 11) is 2.24. The highest BCUT2D eigenvalue weighted by Gasteiger charge is 2.28. The van der Waals surface area contributed by atoms with Crippen molar-refractivity contribution in [2.24, 2.45) is 0 Å². The smallest absolute Gasteiger partial charge is 0.0983 e. The van der Waals surface area contributed by atoms with Crippen molar-refractivity contribution in [1.82, 2.24) is 25.0 Å². The molecule has 28 heavy (non-hydrogen) atoms. The molecule has 0 bridgehead atoms. The van der Waals surface area contributed by atoms with E-state index < -0.39 is 0 Å². The van der Waals surface area contributed by atoms with E-state index in [4.69, 9.17) is 5.10 Å². The first-order valence-corrected chi connectivity index (χ1v) is 10.1. The molecule has 0 radical (unpaired) electrons. The SMILES string of the molecule is CC(CNCc1cn(Cc2ccccc2)nc1-c1cccnc1)N(C)C1CC1. The molecule has 1 aliphatic rings. The molecule has 5 nitrogen and oxygen atoms in total. The summed E-state index contributed by atoms with van der Waals surface area (Å²) >= 11 is 0. The van der Waals surface area contributed by atoms with Crippen molar-refractivity contribution < 1.29 is 0 Å². The van der Waals surface area contributed by atoms with Crippen molar-refractivity contribution >= 4 is 0 Å². The van der Waals surface area contributed by atoms with Gasteiger partial charge in [-0.05, 0) is 44.5 Å². The topological polar surface area (TPSA) is 46.0 Å². The number of hydrogen-bond acceptors (Lipinski definition) is 4. The third-order valence-electron chi connectivity index (χ3n) is 5.53. The Balaban J connectivity index is 1.47. The molecule has 4 rings (SSSR count). The molecule has 2 aromatic heterocycles. The van der Waals surface area contributed by atoms with E-state index in [1.54, 1.807) is 6.20 Å². The van der Waals surface area contributed by atoms with Gasteiger partial charge in [0.2, 0.25) is 0 Å². The van der Waals surface area contributed by atoms with Gasteiger partial charge in [-0.2, -0.15) is 5.10 Å². The lowest BCUT2D eigenvalue weighted by Crippen LogP contribution is -2.38. The summed E-state index contributed by atoms with van der Waals surface area (Å²) in [5.41, 5.74) is 4.54. The molecule has 5 heteroatoms. The molecule has 0 amide bonds. The third kappa shape index (κ3) is 4.66. The highest BCUT2D eigenvalue weighted by atomic mass is 15.3. The molecular weight excluding hydrogens is 346 g/mol. The van der Waals surface area contributed by atoms with E-state index in [0.29, 0.717) is 6.04 Å². The molecule has 1 unspecified atom stereocenters. The molecule has 0 spiro atoms. The Hall–Kier alpha value is -2.50. The molecule has 0 saturated heterocycles. The Morgan fingerprint density at radius 3 is 2.71 bits per heavy atom. The van der Waals surface area contributed by atoms with E-state index >= 15 is 0 Å². The van der Waals surface area contributed by atoms with Gasteiger partial charge in [-0.25, -0.2) is 0 Å². The molecule has 1 aliphatic carbocycles. The van der Waals surface area contributed by atoms with Gasteiger partial charge in [0.05, 0.1) is 12.2 Å². The highest BCUT2D eigenvalue weighted by molar-refractivity contribution is 5.61. The summed E-state index contributed by atoms with van der Waals surface area (Å²) in [6.45, 7) is 4.85. The molecule has 2 heterocycles. The van der Waals surface area contributed by atoms with E-state index in [2.05, 4.69) is 65.7 Å². The zero-order valence-corrected chi connectivity index (χ0v) is 16.8. The summed E-state index contributed by atoms with van der Waals surface area (Å²) in [6.07, 6.45) is 8.55. The average molecular weight is 376 g/mol. The quantitative estimate of drug-likeness (QED) is 0.621. The second-order valence-corrected chi connectivity index (χ2v) is 7.80. The van der Waals surface area contributed by atoms with Gasteiger partial charge in [-0.3, -0.25) is 14.6 Å². The summed E-state index contributed by atoms with van der Waals surface area (Å²) in [5.74, 6) is 0. The average Bonchev–Trinajstić information content (AvgIpc) is 3.50. The summed E-state index contributed by atoms with van der Waals surface area (Å²) in [5, 5.41) is 8.51. The van der Waals surface area contributed by atoms with Crippen LogP contribution in [0, 0.1) is 0 Å². The van der Waals surface area contributed by atoms with Crippen molar-refractivity contribution in [3.05, 3.63) is 72.2 Å². The Kier molecular flexibility index (Phi) is 5.84. The maximum Gasteiger partial charge on any atom is 0.0983 e. The van der Waals surface area contributed by atoms with Gasteiger partial charge in [0, 0.05) is 54.9 Å². The lowest BCUT2D eigenvalue weighted by Gasteiger charge is -2.24. The first-order valence-electron chi connectivity index (χ1n) is 10.1. The minimum atomic E-state index is 0.536. The number of likely N-dealkylation sites (N-methyl/N-ethyl adjacent to an activating group) is 1. The van der Waals surface area contributed by atoms with E-state index in [9.17, 15) is 0 Å². The van der Waals surface area contributed by atoms with E-state index in [1.165, 1.54) is 24.0 Å². The van der Waals surface area contributed by atoms with Gasteiger partial charge in [0.25, 0.3) is 0 Å². The number of pyridine rings is 1. The fourth-order valence-electron chi connectivity index (χ4n) is 3.59. The standard InChI is InChI=1S/C23H29N5/c1-18(27(2)22-10-11-22)13-25-15-21-17-28(16-19-7-4-3-5-8-19)26-23(21)20-9-6-12-24-14-20/h3-9,12,14,17-18,22,25H,10-11,13,15-16H2,1-2H3. The number of nitrogens with one attached hydrogen (secondary N) is 1. The molecule has 1 atom stereocenters. The van der Waals surface area contributed by atoms with Crippen LogP contribution < -0.4 is 5.32 Å². The van der Waals surface area contributed by atoms with Crippen LogP contribution in [0.4, 0.5) is 0 Å². The zero-order chi connectivity index (χ0) is 19.3. The Morgan fingerprint density at radius 2 is 2.00 bits per heavy atom. The Morgan fingerprint density at radius 1 is 1.18 bits per heavy atom. The van der Waals surface area contributed by atoms with Crippen molar-refractivity contribution in [3.63, 3.8) is 0 Å². The number of rotatable bonds is 9. The van der Waals surface area contributed by atoms with Crippen LogP contribution in [0.15, 0.2) is 61.1 Å². The van der Waals surface area contributed by atoms with Gasteiger partial charge in [0.15, 0.2) is 0 Å². The Bertz CT molecular complexity index is 871. The van der Waals surface area contributed by atoms with Crippen LogP contribution in [0.1, 0.15) is 30.9 Å². The first-order chi connectivity index (χ1) is 13.7. The van der Waals surface area contributed by atoms with Crippen LogP contribution in [-0.2, 0) is 13.1 Å². The summed E-state index contributed by atoms with van der Waals surface area (Å²) in [4.78, 5) is 6.77. The van der Waals surface area contributed by atoms with Crippen molar-refractivity contribution in [2.75, 3.05) is 13.6 Å². The monoisotopic (exact) mass is 375 g/mol. The fraction of sp³-hybridized carbons (Fsp3) is 0.391. The van der Waals surface area contributed by atoms with Gasteiger partial charge in [0.1, 0.15) is 0 Å². The highest BCUT2D eigenvalue weighted by Crippen LogP contribution is 2.27. The maximum absolute atomic E-state index is 4.87. The van der Waals surface area contributed by atoms with Gasteiger partial charge >= 0.3 is 0 Å². The normalized spacial score (nSPS) is 15.1. The van der Waals surface area contributed by atoms with E-state index in [1.807, 2.05) is 23.0 Å². The number of nitrogens with zero attached hydrogens (tertiary/aromatic N) is 4. The van der Waals surface area contributed by atoms with Crippen molar-refractivity contribution in [1.29, 1.82) is 0 Å². The predicted octanol–water partition coefficient (Wildman–Crippen LogP) is 3.57. The molecule has 1 N–H and O–H groups in total. The van der Waals surface area contributed by atoms with Crippen LogP contribution in [-0.4, -0.2) is 45.3 Å². The first kappa shape index (κ1) is 18.8. The minimum Gasteiger partial charge on any atom is -0.311 e. The van der Waals surface area contributed by atoms with Crippen LogP contribution >= 0.6 is 0 Å². The molecule has 1 fully saturated rings. The van der Waals surface area contributed by atoms with Crippen LogP contribution in [0.3, 0.4) is 0 Å². The second kappa shape index (κ2) is 8.67. The van der Waals surface area contributed by atoms with Crippen LogP contribution in [0.2, 0.25) is 0 Å². The fourth-order valence-corrected chi connectivity index (χ4v) is 3.59. The van der Waals surface area contributed by atoms with Crippen molar-refractivity contribution in [2.45, 2.75) is 44.9 Å². The van der Waals surface area contributed by atoms with Crippen LogP contribution in [0.25, 0.3) is 11.3 Å². The summed E-state index contributed by atoms with van der Waals surface area (Å²) in [6, 6.07) is 15.8. The minimum absolute atomic E-state index is 0.536. The molecular formula is C23H29N5. The van der Waals surface area contributed by atoms with Gasteiger partial charge < -0.3 is 5.32 Å². The van der Waals surface area contributed by atoms with E-state index in [0.717, 1.165) is 36.9 Å². The molecule has 3 aromatic rings.